The first-order valence-corrected chi connectivity index (χ1v) is 8.44. The maximum atomic E-state index is 12.3. The SMILES string of the molecule is CCCNC(=O)C(C)N(CCCN)C1CCCCCC1. The molecule has 4 heteroatoms. The number of rotatable bonds is 8. The lowest BCUT2D eigenvalue weighted by atomic mass is 10.0. The summed E-state index contributed by atoms with van der Waals surface area (Å²) in [6, 6.07) is 0.530. The van der Waals surface area contributed by atoms with E-state index in [1.165, 1.54) is 38.5 Å². The molecule has 4 nitrogen and oxygen atoms in total. The van der Waals surface area contributed by atoms with E-state index in [-0.39, 0.29) is 11.9 Å². The van der Waals surface area contributed by atoms with Gasteiger partial charge in [-0.1, -0.05) is 32.6 Å². The molecule has 0 aromatic heterocycles. The Kier molecular flexibility index (Phi) is 8.86. The van der Waals surface area contributed by atoms with Crippen molar-refractivity contribution in [1.82, 2.24) is 10.2 Å². The van der Waals surface area contributed by atoms with Gasteiger partial charge >= 0.3 is 0 Å². The molecule has 1 unspecified atom stereocenters. The monoisotopic (exact) mass is 283 g/mol. The molecule has 1 amide bonds. The summed E-state index contributed by atoms with van der Waals surface area (Å²) in [6.45, 7) is 6.56. The molecule has 0 heterocycles. The van der Waals surface area contributed by atoms with Crippen molar-refractivity contribution in [2.45, 2.75) is 77.3 Å². The van der Waals surface area contributed by atoms with Gasteiger partial charge in [0.05, 0.1) is 6.04 Å². The second-order valence-electron chi connectivity index (χ2n) is 5.99. The Morgan fingerprint density at radius 1 is 1.30 bits per heavy atom. The normalized spacial score (nSPS) is 18.8. The second kappa shape index (κ2) is 10.2. The molecule has 0 aromatic carbocycles. The van der Waals surface area contributed by atoms with E-state index < -0.39 is 0 Å². The van der Waals surface area contributed by atoms with Gasteiger partial charge < -0.3 is 11.1 Å². The van der Waals surface area contributed by atoms with Gasteiger partial charge in [0, 0.05) is 19.1 Å². The van der Waals surface area contributed by atoms with Crippen molar-refractivity contribution in [3.8, 4) is 0 Å². The Balaban J connectivity index is 2.62. The topological polar surface area (TPSA) is 58.4 Å². The van der Waals surface area contributed by atoms with E-state index in [2.05, 4.69) is 17.1 Å². The molecule has 20 heavy (non-hydrogen) atoms. The molecule has 1 saturated carbocycles. The number of nitrogens with zero attached hydrogens (tertiary/aromatic N) is 1. The van der Waals surface area contributed by atoms with Crippen LogP contribution in [-0.2, 0) is 4.79 Å². The molecule has 118 valence electrons. The zero-order valence-corrected chi connectivity index (χ0v) is 13.4. The minimum atomic E-state index is -0.0313. The summed E-state index contributed by atoms with van der Waals surface area (Å²) in [5.41, 5.74) is 5.67. The number of carbonyl (C=O) groups is 1. The van der Waals surface area contributed by atoms with E-state index in [1.807, 2.05) is 6.92 Å². The van der Waals surface area contributed by atoms with Crippen molar-refractivity contribution >= 4 is 5.91 Å². The van der Waals surface area contributed by atoms with E-state index in [4.69, 9.17) is 5.73 Å². The number of nitrogens with two attached hydrogens (primary N) is 1. The van der Waals surface area contributed by atoms with Crippen LogP contribution in [0.3, 0.4) is 0 Å². The highest BCUT2D eigenvalue weighted by molar-refractivity contribution is 5.81. The van der Waals surface area contributed by atoms with Crippen molar-refractivity contribution in [3.05, 3.63) is 0 Å². The first-order chi connectivity index (χ1) is 9.70. The third kappa shape index (κ3) is 5.80. The standard InChI is InChI=1S/C16H33N3O/c1-3-12-18-16(20)14(2)19(13-8-11-17)15-9-6-4-5-7-10-15/h14-15H,3-13,17H2,1-2H3,(H,18,20). The fourth-order valence-electron chi connectivity index (χ4n) is 3.10. The quantitative estimate of drug-likeness (QED) is 0.672. The largest absolute Gasteiger partial charge is 0.355 e. The van der Waals surface area contributed by atoms with E-state index in [0.717, 1.165) is 25.9 Å². The summed E-state index contributed by atoms with van der Waals surface area (Å²) in [6.07, 6.45) is 9.72. The summed E-state index contributed by atoms with van der Waals surface area (Å²) < 4.78 is 0. The Hall–Kier alpha value is -0.610. The van der Waals surface area contributed by atoms with Crippen LogP contribution in [0.25, 0.3) is 0 Å². The number of carbonyl (C=O) groups excluding carboxylic acids is 1. The molecule has 0 saturated heterocycles. The fraction of sp³-hybridized carbons (Fsp3) is 0.938. The molecule has 1 atom stereocenters. The lowest BCUT2D eigenvalue weighted by molar-refractivity contribution is -0.127. The minimum absolute atomic E-state index is 0.0313. The third-order valence-electron chi connectivity index (χ3n) is 4.34. The molecular weight excluding hydrogens is 250 g/mol. The van der Waals surface area contributed by atoms with Gasteiger partial charge in [-0.25, -0.2) is 0 Å². The molecule has 1 rings (SSSR count). The number of hydrogen-bond donors (Lipinski definition) is 2. The Labute approximate surface area is 124 Å². The number of amides is 1. The average Bonchev–Trinajstić information content (AvgIpc) is 2.74. The van der Waals surface area contributed by atoms with Crippen molar-refractivity contribution in [2.75, 3.05) is 19.6 Å². The van der Waals surface area contributed by atoms with Crippen LogP contribution >= 0.6 is 0 Å². The predicted molar refractivity (Wildman–Crippen MR) is 84.6 cm³/mol. The van der Waals surface area contributed by atoms with Gasteiger partial charge in [-0.3, -0.25) is 9.69 Å². The summed E-state index contributed by atoms with van der Waals surface area (Å²) in [5.74, 6) is 0.174. The van der Waals surface area contributed by atoms with Crippen molar-refractivity contribution in [1.29, 1.82) is 0 Å². The third-order valence-corrected chi connectivity index (χ3v) is 4.34. The van der Waals surface area contributed by atoms with Crippen LogP contribution in [0.2, 0.25) is 0 Å². The Bertz CT molecular complexity index is 262. The zero-order valence-electron chi connectivity index (χ0n) is 13.4. The Morgan fingerprint density at radius 3 is 2.50 bits per heavy atom. The summed E-state index contributed by atoms with van der Waals surface area (Å²) >= 11 is 0. The van der Waals surface area contributed by atoms with Gasteiger partial charge in [-0.05, 0) is 39.2 Å². The van der Waals surface area contributed by atoms with Crippen LogP contribution in [0.1, 0.15) is 65.2 Å². The maximum Gasteiger partial charge on any atom is 0.237 e. The summed E-state index contributed by atoms with van der Waals surface area (Å²) in [5, 5.41) is 3.03. The molecule has 1 aliphatic rings. The Morgan fingerprint density at radius 2 is 1.95 bits per heavy atom. The van der Waals surface area contributed by atoms with Gasteiger partial charge in [0.2, 0.25) is 5.91 Å². The first-order valence-electron chi connectivity index (χ1n) is 8.44. The van der Waals surface area contributed by atoms with Crippen LogP contribution in [0.15, 0.2) is 0 Å². The summed E-state index contributed by atoms with van der Waals surface area (Å²) in [4.78, 5) is 14.7. The highest BCUT2D eigenvalue weighted by Gasteiger charge is 2.27. The van der Waals surface area contributed by atoms with Crippen LogP contribution in [0, 0.1) is 0 Å². The van der Waals surface area contributed by atoms with Crippen molar-refractivity contribution in [3.63, 3.8) is 0 Å². The van der Waals surface area contributed by atoms with Gasteiger partial charge in [-0.2, -0.15) is 0 Å². The maximum absolute atomic E-state index is 12.3. The van der Waals surface area contributed by atoms with Crippen molar-refractivity contribution < 1.29 is 4.79 Å². The van der Waals surface area contributed by atoms with Gasteiger partial charge in [0.15, 0.2) is 0 Å². The second-order valence-corrected chi connectivity index (χ2v) is 5.99. The van der Waals surface area contributed by atoms with Gasteiger partial charge in [0.1, 0.15) is 0 Å². The smallest absolute Gasteiger partial charge is 0.237 e. The molecule has 0 aliphatic heterocycles. The van der Waals surface area contributed by atoms with Crippen LogP contribution in [0.5, 0.6) is 0 Å². The van der Waals surface area contributed by atoms with Gasteiger partial charge in [-0.15, -0.1) is 0 Å². The summed E-state index contributed by atoms with van der Waals surface area (Å²) in [7, 11) is 0. The fourth-order valence-corrected chi connectivity index (χ4v) is 3.10. The highest BCUT2D eigenvalue weighted by atomic mass is 16.2. The minimum Gasteiger partial charge on any atom is -0.355 e. The van der Waals surface area contributed by atoms with Crippen LogP contribution in [-0.4, -0.2) is 42.5 Å². The van der Waals surface area contributed by atoms with Gasteiger partial charge in [0.25, 0.3) is 0 Å². The molecule has 0 aromatic rings. The zero-order chi connectivity index (χ0) is 14.8. The van der Waals surface area contributed by atoms with E-state index in [1.54, 1.807) is 0 Å². The van der Waals surface area contributed by atoms with Crippen LogP contribution < -0.4 is 11.1 Å². The highest BCUT2D eigenvalue weighted by Crippen LogP contribution is 2.23. The number of nitrogens with one attached hydrogen (secondary N) is 1. The molecule has 1 aliphatic carbocycles. The molecule has 1 fully saturated rings. The molecule has 0 spiro atoms. The first kappa shape index (κ1) is 17.4. The molecule has 3 N–H and O–H groups in total. The molecular formula is C16H33N3O. The lowest BCUT2D eigenvalue weighted by Gasteiger charge is -2.35. The number of hydrogen-bond acceptors (Lipinski definition) is 3. The van der Waals surface area contributed by atoms with E-state index in [9.17, 15) is 4.79 Å². The van der Waals surface area contributed by atoms with Crippen molar-refractivity contribution in [2.24, 2.45) is 5.73 Å². The molecule has 0 radical (unpaired) electrons. The van der Waals surface area contributed by atoms with E-state index in [0.29, 0.717) is 12.6 Å². The predicted octanol–water partition coefficient (Wildman–Crippen LogP) is 2.27. The lowest BCUT2D eigenvalue weighted by Crippen LogP contribution is -2.50. The van der Waals surface area contributed by atoms with Crippen LogP contribution in [0.4, 0.5) is 0 Å². The van der Waals surface area contributed by atoms with E-state index >= 15 is 0 Å². The molecule has 0 bridgehead atoms. The average molecular weight is 283 g/mol.